The molecule has 7 heteroatoms. The summed E-state index contributed by atoms with van der Waals surface area (Å²) in [4.78, 5) is 16.1. The van der Waals surface area contributed by atoms with E-state index in [1.165, 1.54) is 6.26 Å². The van der Waals surface area contributed by atoms with E-state index in [1.54, 1.807) is 28.8 Å². The number of hydrogen-bond acceptors (Lipinski definition) is 3. The molecule has 3 aromatic rings. The highest BCUT2D eigenvalue weighted by Crippen LogP contribution is 2.21. The maximum Gasteiger partial charge on any atom is 0.286 e. The summed E-state index contributed by atoms with van der Waals surface area (Å²) < 4.78 is 6.78. The Morgan fingerprint density at radius 1 is 1.38 bits per heavy atom. The molecule has 21 heavy (non-hydrogen) atoms. The smallest absolute Gasteiger partial charge is 0.286 e. The van der Waals surface area contributed by atoms with Crippen LogP contribution < -0.4 is 5.32 Å². The van der Waals surface area contributed by atoms with Crippen LogP contribution >= 0.6 is 23.2 Å². The maximum atomic E-state index is 11.7. The minimum atomic E-state index is -0.246. The lowest BCUT2D eigenvalue weighted by atomic mass is 10.3. The molecule has 1 N–H and O–H groups in total. The topological polar surface area (TPSA) is 59.5 Å². The van der Waals surface area contributed by atoms with Crippen LogP contribution in [-0.2, 0) is 6.42 Å². The second-order valence-corrected chi connectivity index (χ2v) is 5.30. The van der Waals surface area contributed by atoms with Gasteiger partial charge < -0.3 is 14.1 Å². The zero-order valence-electron chi connectivity index (χ0n) is 10.8. The largest absolute Gasteiger partial charge is 0.459 e. The van der Waals surface area contributed by atoms with Crippen LogP contribution in [0.25, 0.3) is 5.65 Å². The minimum Gasteiger partial charge on any atom is -0.459 e. The molecule has 0 radical (unpaired) electrons. The number of rotatable bonds is 4. The third-order valence-electron chi connectivity index (χ3n) is 2.93. The van der Waals surface area contributed by atoms with Crippen LogP contribution in [0.2, 0.25) is 10.0 Å². The lowest BCUT2D eigenvalue weighted by molar-refractivity contribution is 0.0926. The molecular weight excluding hydrogens is 313 g/mol. The number of nitrogens with zero attached hydrogens (tertiary/aromatic N) is 2. The number of nitrogens with one attached hydrogen (secondary N) is 1. The molecule has 0 aliphatic heterocycles. The molecule has 0 unspecified atom stereocenters. The van der Waals surface area contributed by atoms with Gasteiger partial charge >= 0.3 is 0 Å². The van der Waals surface area contributed by atoms with Crippen molar-refractivity contribution in [2.24, 2.45) is 0 Å². The minimum absolute atomic E-state index is 0.246. The molecule has 0 aliphatic carbocycles. The van der Waals surface area contributed by atoms with Crippen LogP contribution in [0.4, 0.5) is 0 Å². The molecule has 108 valence electrons. The van der Waals surface area contributed by atoms with Gasteiger partial charge in [-0.1, -0.05) is 23.2 Å². The van der Waals surface area contributed by atoms with E-state index in [-0.39, 0.29) is 5.91 Å². The van der Waals surface area contributed by atoms with E-state index in [2.05, 4.69) is 10.3 Å². The molecule has 3 heterocycles. The first-order valence-corrected chi connectivity index (χ1v) is 7.03. The van der Waals surface area contributed by atoms with Gasteiger partial charge in [-0.3, -0.25) is 4.79 Å². The Bertz CT molecular complexity index is 781. The number of halogens is 2. The second kappa shape index (κ2) is 5.79. The van der Waals surface area contributed by atoms with Crippen LogP contribution in [0.1, 0.15) is 16.2 Å². The number of carbonyl (C=O) groups excluding carboxylic acids is 1. The maximum absolute atomic E-state index is 11.7. The quantitative estimate of drug-likeness (QED) is 0.802. The summed E-state index contributed by atoms with van der Waals surface area (Å²) in [6, 6.07) is 4.93. The van der Waals surface area contributed by atoms with E-state index in [4.69, 9.17) is 27.6 Å². The van der Waals surface area contributed by atoms with Gasteiger partial charge in [-0.15, -0.1) is 0 Å². The van der Waals surface area contributed by atoms with Crippen LogP contribution in [0.3, 0.4) is 0 Å². The molecule has 0 bridgehead atoms. The third-order valence-corrected chi connectivity index (χ3v) is 3.42. The first-order valence-electron chi connectivity index (χ1n) is 6.28. The monoisotopic (exact) mass is 323 g/mol. The molecule has 0 fully saturated rings. The number of pyridine rings is 1. The van der Waals surface area contributed by atoms with Crippen molar-refractivity contribution in [1.29, 1.82) is 0 Å². The van der Waals surface area contributed by atoms with Gasteiger partial charge in [-0.05, 0) is 18.2 Å². The van der Waals surface area contributed by atoms with Crippen molar-refractivity contribution in [3.05, 3.63) is 58.4 Å². The standard InChI is InChI=1S/C14H11Cl2N3O2/c15-9-6-11(16)13-18-10(8-19(13)7-9)3-4-17-14(20)12-2-1-5-21-12/h1-2,5-8H,3-4H2,(H,17,20). The van der Waals surface area contributed by atoms with Gasteiger partial charge in [0.05, 0.1) is 22.0 Å². The van der Waals surface area contributed by atoms with Crippen LogP contribution in [0.15, 0.2) is 41.3 Å². The Morgan fingerprint density at radius 2 is 2.24 bits per heavy atom. The summed E-state index contributed by atoms with van der Waals surface area (Å²) in [6.07, 6.45) is 5.62. The molecule has 0 spiro atoms. The lowest BCUT2D eigenvalue weighted by Gasteiger charge is -2.00. The average molecular weight is 324 g/mol. The van der Waals surface area contributed by atoms with Gasteiger partial charge in [0.15, 0.2) is 11.4 Å². The molecule has 0 aliphatic rings. The van der Waals surface area contributed by atoms with Gasteiger partial charge in [0, 0.05) is 25.4 Å². The molecule has 3 rings (SSSR count). The van der Waals surface area contributed by atoms with E-state index in [1.807, 2.05) is 6.20 Å². The first-order chi connectivity index (χ1) is 10.1. The summed E-state index contributed by atoms with van der Waals surface area (Å²) in [5.74, 6) is 0.0460. The Labute approximate surface area is 130 Å². The summed E-state index contributed by atoms with van der Waals surface area (Å²) in [5, 5.41) is 3.80. The Hall–Kier alpha value is -1.98. The predicted octanol–water partition coefficient (Wildman–Crippen LogP) is 3.21. The molecule has 1 amide bonds. The zero-order chi connectivity index (χ0) is 14.8. The number of fused-ring (bicyclic) bond motifs is 1. The van der Waals surface area contributed by atoms with Crippen LogP contribution in [0, 0.1) is 0 Å². The number of carbonyl (C=O) groups is 1. The van der Waals surface area contributed by atoms with E-state index in [9.17, 15) is 4.79 Å². The van der Waals surface area contributed by atoms with E-state index in [0.29, 0.717) is 34.4 Å². The Morgan fingerprint density at radius 3 is 3.00 bits per heavy atom. The highest BCUT2D eigenvalue weighted by Gasteiger charge is 2.09. The highest BCUT2D eigenvalue weighted by atomic mass is 35.5. The van der Waals surface area contributed by atoms with Crippen molar-refractivity contribution in [2.45, 2.75) is 6.42 Å². The molecule has 0 aromatic carbocycles. The van der Waals surface area contributed by atoms with Gasteiger partial charge in [0.2, 0.25) is 0 Å². The average Bonchev–Trinajstić information content (AvgIpc) is 3.07. The Kier molecular flexibility index (Phi) is 3.86. The Balaban J connectivity index is 1.66. The summed E-state index contributed by atoms with van der Waals surface area (Å²) in [5.41, 5.74) is 1.47. The van der Waals surface area contributed by atoms with Gasteiger partial charge in [0.25, 0.3) is 5.91 Å². The SMILES string of the molecule is O=C(NCCc1cn2cc(Cl)cc(Cl)c2n1)c1ccco1. The van der Waals surface area contributed by atoms with E-state index in [0.717, 1.165) is 5.69 Å². The molecule has 0 saturated carbocycles. The number of amides is 1. The van der Waals surface area contributed by atoms with Crippen molar-refractivity contribution in [3.63, 3.8) is 0 Å². The lowest BCUT2D eigenvalue weighted by Crippen LogP contribution is -2.25. The van der Waals surface area contributed by atoms with Gasteiger partial charge in [-0.2, -0.15) is 0 Å². The highest BCUT2D eigenvalue weighted by molar-refractivity contribution is 6.36. The summed E-state index contributed by atoms with van der Waals surface area (Å²) in [6.45, 7) is 0.453. The second-order valence-electron chi connectivity index (χ2n) is 4.45. The van der Waals surface area contributed by atoms with Gasteiger partial charge in [0.1, 0.15) is 0 Å². The predicted molar refractivity (Wildman–Crippen MR) is 80.0 cm³/mol. The molecule has 3 aromatic heterocycles. The van der Waals surface area contributed by atoms with Crippen molar-refractivity contribution < 1.29 is 9.21 Å². The van der Waals surface area contributed by atoms with Crippen molar-refractivity contribution in [2.75, 3.05) is 6.54 Å². The zero-order valence-corrected chi connectivity index (χ0v) is 12.4. The number of imidazole rings is 1. The van der Waals surface area contributed by atoms with Gasteiger partial charge in [-0.25, -0.2) is 4.98 Å². The van der Waals surface area contributed by atoms with Crippen LogP contribution in [0.5, 0.6) is 0 Å². The number of furan rings is 1. The fraction of sp³-hybridized carbons (Fsp3) is 0.143. The summed E-state index contributed by atoms with van der Waals surface area (Å²) >= 11 is 12.0. The molecular formula is C14H11Cl2N3O2. The van der Waals surface area contributed by atoms with Crippen molar-refractivity contribution >= 4 is 34.8 Å². The first kappa shape index (κ1) is 14.0. The molecule has 0 atom stereocenters. The van der Waals surface area contributed by atoms with E-state index < -0.39 is 0 Å². The number of hydrogen-bond donors (Lipinski definition) is 1. The fourth-order valence-corrected chi connectivity index (χ4v) is 2.52. The van der Waals surface area contributed by atoms with Crippen molar-refractivity contribution in [3.8, 4) is 0 Å². The van der Waals surface area contributed by atoms with Crippen molar-refractivity contribution in [1.82, 2.24) is 14.7 Å². The molecule has 0 saturated heterocycles. The number of aromatic nitrogens is 2. The third kappa shape index (κ3) is 3.04. The van der Waals surface area contributed by atoms with E-state index >= 15 is 0 Å². The van der Waals surface area contributed by atoms with Crippen LogP contribution in [-0.4, -0.2) is 21.8 Å². The fourth-order valence-electron chi connectivity index (χ4n) is 1.99. The molecule has 5 nitrogen and oxygen atoms in total. The summed E-state index contributed by atoms with van der Waals surface area (Å²) in [7, 11) is 0. The normalized spacial score (nSPS) is 11.0.